The minimum absolute atomic E-state index is 0.116. The smallest absolute Gasteiger partial charge is 0.416 e. The van der Waals surface area contributed by atoms with Crippen molar-refractivity contribution in [2.24, 2.45) is 0 Å². The molecule has 1 fully saturated rings. The molecule has 230 valence electrons. The molecule has 2 aromatic heterocycles. The fraction of sp³-hybridized carbons (Fsp3) is 0.242. The molecule has 3 aromatic carbocycles. The summed E-state index contributed by atoms with van der Waals surface area (Å²) in [5.74, 6) is 1.85. The minimum Gasteiger partial charge on any atom is -0.438 e. The number of amides is 2. The van der Waals surface area contributed by atoms with E-state index in [-0.39, 0.29) is 5.69 Å². The van der Waals surface area contributed by atoms with E-state index in [1.807, 2.05) is 37.3 Å². The van der Waals surface area contributed by atoms with Gasteiger partial charge in [-0.3, -0.25) is 4.90 Å². The number of anilines is 2. The molecule has 45 heavy (non-hydrogen) atoms. The normalized spacial score (nSPS) is 13.6. The number of halogens is 3. The van der Waals surface area contributed by atoms with Crippen molar-refractivity contribution in [1.82, 2.24) is 24.8 Å². The number of nitrogens with one attached hydrogen (secondary N) is 2. The van der Waals surface area contributed by atoms with Gasteiger partial charge in [-0.25, -0.2) is 24.7 Å². The molecule has 3 heterocycles. The van der Waals surface area contributed by atoms with E-state index in [1.165, 1.54) is 12.4 Å². The maximum Gasteiger partial charge on any atom is 0.416 e. The highest BCUT2D eigenvalue weighted by Gasteiger charge is 2.31. The third kappa shape index (κ3) is 6.86. The number of likely N-dealkylation sites (tertiary alicyclic amines) is 1. The van der Waals surface area contributed by atoms with E-state index in [2.05, 4.69) is 35.5 Å². The number of aryl methyl sites for hydroxylation is 1. The number of aromatic nitrogens is 4. The highest BCUT2D eigenvalue weighted by molar-refractivity contribution is 6.07. The van der Waals surface area contributed by atoms with Crippen LogP contribution in [0.2, 0.25) is 0 Å². The number of hydrogen-bond acceptors (Lipinski definition) is 7. The summed E-state index contributed by atoms with van der Waals surface area (Å²) in [5.41, 5.74) is 0.947. The lowest BCUT2D eigenvalue weighted by molar-refractivity contribution is -0.137. The Hall–Kier alpha value is -5.10. The fourth-order valence-electron chi connectivity index (χ4n) is 5.31. The first-order valence-electron chi connectivity index (χ1n) is 14.6. The molecular formula is C33H30F3N7O2. The van der Waals surface area contributed by atoms with Crippen LogP contribution in [-0.2, 0) is 19.1 Å². The topological polar surface area (TPSA) is 105 Å². The second-order valence-electron chi connectivity index (χ2n) is 10.6. The van der Waals surface area contributed by atoms with Crippen molar-refractivity contribution in [2.75, 3.05) is 23.7 Å². The van der Waals surface area contributed by atoms with E-state index in [0.29, 0.717) is 63.8 Å². The minimum atomic E-state index is -4.54. The van der Waals surface area contributed by atoms with Crippen LogP contribution in [0.3, 0.4) is 0 Å². The van der Waals surface area contributed by atoms with E-state index in [4.69, 9.17) is 4.74 Å². The van der Waals surface area contributed by atoms with Gasteiger partial charge < -0.3 is 15.4 Å². The van der Waals surface area contributed by atoms with Crippen LogP contribution in [0.4, 0.5) is 29.3 Å². The molecule has 0 unspecified atom stereocenters. The van der Waals surface area contributed by atoms with Crippen LogP contribution in [-0.4, -0.2) is 44.0 Å². The largest absolute Gasteiger partial charge is 0.438 e. The number of benzene rings is 3. The number of hydrogen-bond donors (Lipinski definition) is 2. The van der Waals surface area contributed by atoms with Gasteiger partial charge in [0.15, 0.2) is 5.82 Å². The maximum atomic E-state index is 13.5. The molecule has 1 saturated heterocycles. The summed E-state index contributed by atoms with van der Waals surface area (Å²) in [4.78, 5) is 32.8. The van der Waals surface area contributed by atoms with Crippen molar-refractivity contribution < 1.29 is 22.7 Å². The zero-order valence-corrected chi connectivity index (χ0v) is 24.4. The summed E-state index contributed by atoms with van der Waals surface area (Å²) in [6, 6.07) is 17.1. The van der Waals surface area contributed by atoms with Gasteiger partial charge in [0.1, 0.15) is 17.9 Å². The Morgan fingerprint density at radius 1 is 0.911 bits per heavy atom. The van der Waals surface area contributed by atoms with Crippen LogP contribution in [0.1, 0.15) is 36.7 Å². The van der Waals surface area contributed by atoms with Crippen LogP contribution >= 0.6 is 0 Å². The lowest BCUT2D eigenvalue weighted by Gasteiger charge is -2.20. The van der Waals surface area contributed by atoms with E-state index in [1.54, 1.807) is 24.4 Å². The third-order valence-electron chi connectivity index (χ3n) is 7.57. The average molecular weight is 614 g/mol. The quantitative estimate of drug-likeness (QED) is 0.185. The Morgan fingerprint density at radius 3 is 2.47 bits per heavy atom. The third-order valence-corrected chi connectivity index (χ3v) is 7.57. The number of carbonyl (C=O) groups excluding carboxylic acids is 1. The van der Waals surface area contributed by atoms with Gasteiger partial charge in [-0.2, -0.15) is 13.2 Å². The van der Waals surface area contributed by atoms with Gasteiger partial charge in [0.2, 0.25) is 5.88 Å². The van der Waals surface area contributed by atoms with Gasteiger partial charge in [-0.15, -0.1) is 0 Å². The monoisotopic (exact) mass is 613 g/mol. The first-order valence-corrected chi connectivity index (χ1v) is 14.6. The molecule has 1 aliphatic heterocycles. The van der Waals surface area contributed by atoms with Gasteiger partial charge in [-0.05, 0) is 67.9 Å². The zero-order chi connectivity index (χ0) is 31.4. The summed E-state index contributed by atoms with van der Waals surface area (Å²) in [6.45, 7) is 4.13. The number of nitrogens with zero attached hydrogens (tertiary/aromatic N) is 5. The number of carbonyl (C=O) groups is 1. The zero-order valence-electron chi connectivity index (χ0n) is 24.4. The molecule has 9 nitrogen and oxygen atoms in total. The number of urea groups is 1. The molecule has 5 aromatic rings. The van der Waals surface area contributed by atoms with E-state index in [0.717, 1.165) is 38.1 Å². The summed E-state index contributed by atoms with van der Waals surface area (Å²) < 4.78 is 46.9. The number of pyridine rings is 1. The molecule has 12 heteroatoms. The predicted molar refractivity (Wildman–Crippen MR) is 165 cm³/mol. The van der Waals surface area contributed by atoms with Gasteiger partial charge in [0.25, 0.3) is 0 Å². The second kappa shape index (κ2) is 12.9. The second-order valence-corrected chi connectivity index (χ2v) is 10.6. The fourth-order valence-corrected chi connectivity index (χ4v) is 5.31. The van der Waals surface area contributed by atoms with Crippen LogP contribution in [0, 0.1) is 0 Å². The Kier molecular flexibility index (Phi) is 8.56. The van der Waals surface area contributed by atoms with Crippen molar-refractivity contribution in [1.29, 1.82) is 0 Å². The highest BCUT2D eigenvalue weighted by atomic mass is 19.4. The average Bonchev–Trinajstić information content (AvgIpc) is 3.56. The lowest BCUT2D eigenvalue weighted by Crippen LogP contribution is -2.23. The maximum absolute atomic E-state index is 13.5. The molecule has 0 aliphatic carbocycles. The SMILES string of the molecule is CCc1ncnc(-c2cccnc2Oc2ccc(NC(=O)Nc3cc(C(F)(F)F)ccc3CN3CCCC3)c3ccccc23)n1. The Morgan fingerprint density at radius 2 is 1.69 bits per heavy atom. The van der Waals surface area contributed by atoms with Gasteiger partial charge in [0.05, 0.1) is 16.8 Å². The molecule has 0 bridgehead atoms. The lowest BCUT2D eigenvalue weighted by atomic mass is 10.1. The molecule has 0 saturated carbocycles. The van der Waals surface area contributed by atoms with Crippen molar-refractivity contribution in [3.8, 4) is 23.0 Å². The first-order chi connectivity index (χ1) is 21.8. The summed E-state index contributed by atoms with van der Waals surface area (Å²) in [7, 11) is 0. The summed E-state index contributed by atoms with van der Waals surface area (Å²) in [6.07, 6.45) is 1.24. The van der Waals surface area contributed by atoms with Crippen LogP contribution in [0.5, 0.6) is 11.6 Å². The summed E-state index contributed by atoms with van der Waals surface area (Å²) in [5, 5.41) is 6.82. The van der Waals surface area contributed by atoms with E-state index in [9.17, 15) is 18.0 Å². The Bertz CT molecular complexity index is 1840. The van der Waals surface area contributed by atoms with Crippen molar-refractivity contribution in [2.45, 2.75) is 38.9 Å². The first kappa shape index (κ1) is 29.9. The van der Waals surface area contributed by atoms with Gasteiger partial charge >= 0.3 is 12.2 Å². The highest BCUT2D eigenvalue weighted by Crippen LogP contribution is 2.37. The predicted octanol–water partition coefficient (Wildman–Crippen LogP) is 7.70. The van der Waals surface area contributed by atoms with Gasteiger partial charge in [-0.1, -0.05) is 37.3 Å². The molecule has 6 rings (SSSR count). The summed E-state index contributed by atoms with van der Waals surface area (Å²) >= 11 is 0. The molecule has 0 radical (unpaired) electrons. The van der Waals surface area contributed by atoms with Crippen LogP contribution in [0.15, 0.2) is 79.3 Å². The van der Waals surface area contributed by atoms with E-state index < -0.39 is 17.8 Å². The molecule has 2 N–H and O–H groups in total. The van der Waals surface area contributed by atoms with Crippen LogP contribution < -0.4 is 15.4 Å². The standard InChI is InChI=1S/C33H30F3N7O2/c1-2-29-38-20-39-30(42-29)25-10-7-15-37-31(25)45-28-14-13-26(23-8-3-4-9-24(23)28)40-32(44)41-27-18-22(33(34,35)36)12-11-21(27)19-43-16-5-6-17-43/h3-4,7-15,18,20H,2,5-6,16-17,19H2,1H3,(H2,40,41,44). The Balaban J connectivity index is 1.27. The van der Waals surface area contributed by atoms with Crippen molar-refractivity contribution in [3.63, 3.8) is 0 Å². The number of fused-ring (bicyclic) bond motifs is 1. The van der Waals surface area contributed by atoms with Crippen molar-refractivity contribution >= 4 is 28.2 Å². The molecule has 0 atom stereocenters. The molecule has 0 spiro atoms. The number of alkyl halides is 3. The molecule has 1 aliphatic rings. The van der Waals surface area contributed by atoms with Crippen molar-refractivity contribution in [3.05, 3.63) is 96.2 Å². The van der Waals surface area contributed by atoms with Gasteiger partial charge in [0, 0.05) is 35.6 Å². The molecular weight excluding hydrogens is 583 g/mol. The van der Waals surface area contributed by atoms with Crippen LogP contribution in [0.25, 0.3) is 22.2 Å². The number of ether oxygens (including phenoxy) is 1. The Labute approximate surface area is 257 Å². The molecule has 2 amide bonds. The van der Waals surface area contributed by atoms with E-state index >= 15 is 0 Å². The number of rotatable bonds is 8.